The smallest absolute Gasteiger partial charge is 0.226 e. The van der Waals surface area contributed by atoms with Gasteiger partial charge in [-0.05, 0) is 5.56 Å². The normalized spacial score (nSPS) is 17.0. The molecule has 8 heteroatoms. The molecule has 0 aliphatic carbocycles. The van der Waals surface area contributed by atoms with Gasteiger partial charge in [-0.3, -0.25) is 14.5 Å². The van der Waals surface area contributed by atoms with Crippen LogP contribution in [0, 0.1) is 0 Å². The van der Waals surface area contributed by atoms with Crippen LogP contribution in [0.4, 0.5) is 5.13 Å². The molecule has 0 spiro atoms. The van der Waals surface area contributed by atoms with Gasteiger partial charge < -0.3 is 15.0 Å². The number of rotatable bonds is 6. The topological polar surface area (TPSA) is 74.8 Å². The molecule has 0 unspecified atom stereocenters. The molecule has 0 bridgehead atoms. The third-order valence-electron chi connectivity index (χ3n) is 5.24. The number of fused-ring (bicyclic) bond motifs is 1. The van der Waals surface area contributed by atoms with Gasteiger partial charge in [0.2, 0.25) is 11.8 Å². The molecule has 154 valence electrons. The van der Waals surface area contributed by atoms with Gasteiger partial charge in [0, 0.05) is 56.9 Å². The van der Waals surface area contributed by atoms with Crippen molar-refractivity contribution in [2.45, 2.75) is 32.4 Å². The third kappa shape index (κ3) is 5.41. The van der Waals surface area contributed by atoms with Crippen molar-refractivity contribution in [3.8, 4) is 0 Å². The Morgan fingerprint density at radius 2 is 1.90 bits per heavy atom. The van der Waals surface area contributed by atoms with Gasteiger partial charge in [-0.2, -0.15) is 0 Å². The van der Waals surface area contributed by atoms with Crippen LogP contribution in [0.25, 0.3) is 0 Å². The summed E-state index contributed by atoms with van der Waals surface area (Å²) in [6.45, 7) is 5.11. The highest BCUT2D eigenvalue weighted by Gasteiger charge is 2.22. The summed E-state index contributed by atoms with van der Waals surface area (Å²) < 4.78 is 5.25. The number of anilines is 1. The Bertz CT molecular complexity index is 849. The Morgan fingerprint density at radius 3 is 2.69 bits per heavy atom. The average molecular weight is 415 g/mol. The van der Waals surface area contributed by atoms with E-state index in [0.29, 0.717) is 31.4 Å². The number of thiazole rings is 1. The van der Waals surface area contributed by atoms with Crippen molar-refractivity contribution in [2.24, 2.45) is 0 Å². The molecule has 0 atom stereocenters. The van der Waals surface area contributed by atoms with Crippen LogP contribution in [0.5, 0.6) is 0 Å². The summed E-state index contributed by atoms with van der Waals surface area (Å²) in [4.78, 5) is 34.4. The molecule has 0 radical (unpaired) electrons. The molecule has 2 aliphatic heterocycles. The first kappa shape index (κ1) is 20.0. The quantitative estimate of drug-likeness (QED) is 0.785. The van der Waals surface area contributed by atoms with Crippen LogP contribution in [0.15, 0.2) is 30.3 Å². The van der Waals surface area contributed by atoms with E-state index in [0.717, 1.165) is 31.7 Å². The second kappa shape index (κ2) is 9.47. The van der Waals surface area contributed by atoms with Crippen molar-refractivity contribution in [3.05, 3.63) is 46.5 Å². The van der Waals surface area contributed by atoms with E-state index in [1.54, 1.807) is 16.2 Å². The van der Waals surface area contributed by atoms with Crippen molar-refractivity contribution in [1.82, 2.24) is 14.8 Å². The number of carbonyl (C=O) groups is 2. The van der Waals surface area contributed by atoms with Gasteiger partial charge in [0.05, 0.1) is 18.9 Å². The Balaban J connectivity index is 1.26. The standard InChI is InChI=1S/C21H26N4O3S/c26-19(6-7-20(27)25-10-12-28-13-11-25)23-21-22-17-8-9-24(15-18(17)29-21)14-16-4-2-1-3-5-16/h1-5H,6-15H2,(H,22,23,26). The summed E-state index contributed by atoms with van der Waals surface area (Å²) in [5.41, 5.74) is 2.39. The van der Waals surface area contributed by atoms with Crippen molar-refractivity contribution < 1.29 is 14.3 Å². The predicted molar refractivity (Wildman–Crippen MR) is 112 cm³/mol. The van der Waals surface area contributed by atoms with Crippen LogP contribution in [-0.2, 0) is 33.8 Å². The average Bonchev–Trinajstić information content (AvgIpc) is 3.15. The molecule has 1 aromatic heterocycles. The van der Waals surface area contributed by atoms with E-state index in [1.807, 2.05) is 6.07 Å². The van der Waals surface area contributed by atoms with E-state index in [9.17, 15) is 9.59 Å². The summed E-state index contributed by atoms with van der Waals surface area (Å²) in [6, 6.07) is 10.5. The van der Waals surface area contributed by atoms with E-state index >= 15 is 0 Å². The fraction of sp³-hybridized carbons (Fsp3) is 0.476. The van der Waals surface area contributed by atoms with Crippen LogP contribution < -0.4 is 5.32 Å². The molecule has 2 aliphatic rings. The molecule has 29 heavy (non-hydrogen) atoms. The number of nitrogens with one attached hydrogen (secondary N) is 1. The van der Waals surface area contributed by atoms with Crippen LogP contribution in [0.1, 0.15) is 29.0 Å². The minimum atomic E-state index is -0.154. The minimum Gasteiger partial charge on any atom is -0.378 e. The number of benzene rings is 1. The second-order valence-corrected chi connectivity index (χ2v) is 8.46. The fourth-order valence-electron chi connectivity index (χ4n) is 3.65. The van der Waals surface area contributed by atoms with Gasteiger partial charge in [0.25, 0.3) is 0 Å². The zero-order chi connectivity index (χ0) is 20.1. The Hall–Kier alpha value is -2.29. The van der Waals surface area contributed by atoms with E-state index in [-0.39, 0.29) is 24.7 Å². The van der Waals surface area contributed by atoms with Gasteiger partial charge in [-0.1, -0.05) is 30.3 Å². The van der Waals surface area contributed by atoms with Crippen molar-refractivity contribution in [1.29, 1.82) is 0 Å². The van der Waals surface area contributed by atoms with E-state index in [2.05, 4.69) is 39.5 Å². The molecule has 2 aromatic rings. The summed E-state index contributed by atoms with van der Waals surface area (Å²) in [5.74, 6) is -0.141. The molecule has 1 N–H and O–H groups in total. The van der Waals surface area contributed by atoms with Gasteiger partial charge in [0.1, 0.15) is 0 Å². The maximum absolute atomic E-state index is 12.3. The van der Waals surface area contributed by atoms with E-state index in [4.69, 9.17) is 4.74 Å². The number of hydrogen-bond donors (Lipinski definition) is 1. The number of amides is 2. The summed E-state index contributed by atoms with van der Waals surface area (Å²) in [5, 5.41) is 3.52. The van der Waals surface area contributed by atoms with Crippen LogP contribution in [0.2, 0.25) is 0 Å². The van der Waals surface area contributed by atoms with Crippen LogP contribution >= 0.6 is 11.3 Å². The molecule has 3 heterocycles. The first-order chi connectivity index (χ1) is 14.2. The van der Waals surface area contributed by atoms with Crippen molar-refractivity contribution in [2.75, 3.05) is 38.2 Å². The lowest BCUT2D eigenvalue weighted by atomic mass is 10.1. The summed E-state index contributed by atoms with van der Waals surface area (Å²) in [6.07, 6.45) is 1.30. The predicted octanol–water partition coefficient (Wildman–Crippen LogP) is 2.28. The van der Waals surface area contributed by atoms with Crippen molar-refractivity contribution >= 4 is 28.3 Å². The SMILES string of the molecule is O=C(CCC(=O)N1CCOCC1)Nc1nc2c(s1)CN(Cc1ccccc1)CC2. The maximum atomic E-state index is 12.3. The molecule has 0 saturated carbocycles. The first-order valence-corrected chi connectivity index (χ1v) is 10.9. The maximum Gasteiger partial charge on any atom is 0.226 e. The molecular formula is C21H26N4O3S. The fourth-order valence-corrected chi connectivity index (χ4v) is 4.72. The van der Waals surface area contributed by atoms with Crippen molar-refractivity contribution in [3.63, 3.8) is 0 Å². The molecule has 1 saturated heterocycles. The Morgan fingerprint density at radius 1 is 1.10 bits per heavy atom. The lowest BCUT2D eigenvalue weighted by Gasteiger charge is -2.26. The third-order valence-corrected chi connectivity index (χ3v) is 6.23. The van der Waals surface area contributed by atoms with E-state index in [1.165, 1.54) is 10.4 Å². The number of carbonyl (C=O) groups excluding carboxylic acids is 2. The number of nitrogens with zero attached hydrogens (tertiary/aromatic N) is 3. The number of morpholine rings is 1. The van der Waals surface area contributed by atoms with Gasteiger partial charge >= 0.3 is 0 Å². The van der Waals surface area contributed by atoms with Gasteiger partial charge in [-0.15, -0.1) is 11.3 Å². The Kier molecular flexibility index (Phi) is 6.53. The van der Waals surface area contributed by atoms with E-state index < -0.39 is 0 Å². The van der Waals surface area contributed by atoms with Crippen LogP contribution in [-0.4, -0.2) is 59.4 Å². The molecule has 1 aromatic carbocycles. The molecular weight excluding hydrogens is 388 g/mol. The zero-order valence-corrected chi connectivity index (χ0v) is 17.2. The number of aromatic nitrogens is 1. The molecule has 7 nitrogen and oxygen atoms in total. The highest BCUT2D eigenvalue weighted by molar-refractivity contribution is 7.15. The largest absolute Gasteiger partial charge is 0.378 e. The number of hydrogen-bond acceptors (Lipinski definition) is 6. The minimum absolute atomic E-state index is 0.0124. The lowest BCUT2D eigenvalue weighted by molar-refractivity contribution is -0.136. The highest BCUT2D eigenvalue weighted by atomic mass is 32.1. The molecule has 1 fully saturated rings. The summed E-state index contributed by atoms with van der Waals surface area (Å²) >= 11 is 1.54. The Labute approximate surface area is 174 Å². The summed E-state index contributed by atoms with van der Waals surface area (Å²) in [7, 11) is 0. The molecule has 4 rings (SSSR count). The van der Waals surface area contributed by atoms with Gasteiger partial charge in [-0.25, -0.2) is 4.98 Å². The molecule has 2 amide bonds. The highest BCUT2D eigenvalue weighted by Crippen LogP contribution is 2.29. The monoisotopic (exact) mass is 414 g/mol. The van der Waals surface area contributed by atoms with Gasteiger partial charge in [0.15, 0.2) is 5.13 Å². The zero-order valence-electron chi connectivity index (χ0n) is 16.4. The second-order valence-electron chi connectivity index (χ2n) is 7.38. The first-order valence-electron chi connectivity index (χ1n) is 10.1. The number of ether oxygens (including phenoxy) is 1. The van der Waals surface area contributed by atoms with Crippen LogP contribution in [0.3, 0.4) is 0 Å². The lowest BCUT2D eigenvalue weighted by Crippen LogP contribution is -2.40.